The van der Waals surface area contributed by atoms with Crippen molar-refractivity contribution in [1.29, 1.82) is 0 Å². The van der Waals surface area contributed by atoms with Crippen molar-refractivity contribution in [2.45, 2.75) is 31.5 Å². The Hall–Kier alpha value is -1.82. The fourth-order valence-electron chi connectivity index (χ4n) is 2.67. The summed E-state index contributed by atoms with van der Waals surface area (Å²) in [5, 5.41) is 9.38. The highest BCUT2D eigenvalue weighted by Crippen LogP contribution is 2.24. The number of hydrogen-bond donors (Lipinski definition) is 0. The lowest BCUT2D eigenvalue weighted by Gasteiger charge is -2.14. The minimum absolute atomic E-state index is 0.203. The molecule has 1 saturated heterocycles. The monoisotopic (exact) mass is 316 g/mol. The summed E-state index contributed by atoms with van der Waals surface area (Å²) in [7, 11) is 0. The zero-order chi connectivity index (χ0) is 15.4. The summed E-state index contributed by atoms with van der Waals surface area (Å²) in [5.74, 6) is 1.50. The number of amides is 1. The molecule has 0 spiro atoms. The van der Waals surface area contributed by atoms with E-state index in [2.05, 4.69) is 21.7 Å². The Morgan fingerprint density at radius 3 is 2.59 bits per heavy atom. The smallest absolute Gasteiger partial charge is 0.233 e. The maximum absolute atomic E-state index is 12.1. The predicted octanol–water partition coefficient (Wildman–Crippen LogP) is 2.68. The molecule has 0 atom stereocenters. The fraction of sp³-hybridized carbons (Fsp3) is 0.438. The summed E-state index contributed by atoms with van der Waals surface area (Å²) in [5.41, 5.74) is 1.05. The van der Waals surface area contributed by atoms with Gasteiger partial charge in [0.05, 0.1) is 5.75 Å². The first-order valence-corrected chi connectivity index (χ1v) is 8.67. The maximum Gasteiger partial charge on any atom is 0.233 e. The van der Waals surface area contributed by atoms with Gasteiger partial charge in [-0.1, -0.05) is 42.1 Å². The van der Waals surface area contributed by atoms with Crippen molar-refractivity contribution < 1.29 is 4.79 Å². The molecule has 0 unspecified atom stereocenters. The van der Waals surface area contributed by atoms with Crippen LogP contribution >= 0.6 is 11.8 Å². The largest absolute Gasteiger partial charge is 0.342 e. The van der Waals surface area contributed by atoms with E-state index in [1.807, 2.05) is 35.2 Å². The molecule has 6 heteroatoms. The molecule has 1 aromatic carbocycles. The van der Waals surface area contributed by atoms with Crippen LogP contribution in [0.15, 0.2) is 35.5 Å². The minimum Gasteiger partial charge on any atom is -0.342 e. The average molecular weight is 316 g/mol. The van der Waals surface area contributed by atoms with Crippen LogP contribution in [0.4, 0.5) is 0 Å². The third kappa shape index (κ3) is 3.16. The molecule has 5 nitrogen and oxygen atoms in total. The molecule has 22 heavy (non-hydrogen) atoms. The van der Waals surface area contributed by atoms with Crippen LogP contribution in [0.1, 0.15) is 19.8 Å². The number of carbonyl (C=O) groups excluding carboxylic acids is 1. The molecule has 116 valence electrons. The van der Waals surface area contributed by atoms with Crippen molar-refractivity contribution in [3.8, 4) is 11.4 Å². The van der Waals surface area contributed by atoms with Gasteiger partial charge in [-0.25, -0.2) is 0 Å². The number of carbonyl (C=O) groups is 1. The zero-order valence-corrected chi connectivity index (χ0v) is 13.6. The molecule has 1 aliphatic heterocycles. The SMILES string of the molecule is CCn1c(SCC(=O)N2CCCC2)nnc1-c1ccccc1. The Kier molecular flexibility index (Phi) is 4.77. The van der Waals surface area contributed by atoms with Crippen molar-refractivity contribution in [2.75, 3.05) is 18.8 Å². The van der Waals surface area contributed by atoms with Gasteiger partial charge in [-0.05, 0) is 19.8 Å². The van der Waals surface area contributed by atoms with Crippen LogP contribution in [0.25, 0.3) is 11.4 Å². The van der Waals surface area contributed by atoms with Gasteiger partial charge < -0.3 is 9.47 Å². The number of thioether (sulfide) groups is 1. The summed E-state index contributed by atoms with van der Waals surface area (Å²) in [6.45, 7) is 4.66. The standard InChI is InChI=1S/C16H20N4OS/c1-2-20-15(13-8-4-3-5-9-13)17-18-16(20)22-12-14(21)19-10-6-7-11-19/h3-5,8-9H,2,6-7,10-12H2,1H3. The summed E-state index contributed by atoms with van der Waals surface area (Å²) in [6, 6.07) is 10.0. The van der Waals surface area contributed by atoms with Gasteiger partial charge in [-0.15, -0.1) is 10.2 Å². The summed E-state index contributed by atoms with van der Waals surface area (Å²) in [6.07, 6.45) is 2.25. The van der Waals surface area contributed by atoms with E-state index in [1.165, 1.54) is 11.8 Å². The zero-order valence-electron chi connectivity index (χ0n) is 12.7. The van der Waals surface area contributed by atoms with E-state index in [1.54, 1.807) is 0 Å². The highest BCUT2D eigenvalue weighted by atomic mass is 32.2. The Morgan fingerprint density at radius 1 is 1.18 bits per heavy atom. The summed E-state index contributed by atoms with van der Waals surface area (Å²) in [4.78, 5) is 14.1. The lowest BCUT2D eigenvalue weighted by Crippen LogP contribution is -2.29. The van der Waals surface area contributed by atoms with Crippen LogP contribution < -0.4 is 0 Å². The first-order valence-electron chi connectivity index (χ1n) is 7.68. The number of aromatic nitrogens is 3. The molecule has 2 aromatic rings. The molecular formula is C16H20N4OS. The lowest BCUT2D eigenvalue weighted by atomic mass is 10.2. The molecule has 0 bridgehead atoms. The second-order valence-corrected chi connectivity index (χ2v) is 6.24. The topological polar surface area (TPSA) is 51.0 Å². The number of hydrogen-bond acceptors (Lipinski definition) is 4. The number of likely N-dealkylation sites (tertiary alicyclic amines) is 1. The van der Waals surface area contributed by atoms with Gasteiger partial charge in [-0.2, -0.15) is 0 Å². The van der Waals surface area contributed by atoms with Crippen molar-refractivity contribution in [1.82, 2.24) is 19.7 Å². The van der Waals surface area contributed by atoms with Crippen LogP contribution in [0.5, 0.6) is 0 Å². The number of nitrogens with zero attached hydrogens (tertiary/aromatic N) is 4. The van der Waals surface area contributed by atoms with Crippen molar-refractivity contribution >= 4 is 17.7 Å². The fourth-order valence-corrected chi connectivity index (χ4v) is 3.57. The second-order valence-electron chi connectivity index (χ2n) is 5.29. The van der Waals surface area contributed by atoms with E-state index < -0.39 is 0 Å². The summed E-state index contributed by atoms with van der Waals surface area (Å²) >= 11 is 1.48. The van der Waals surface area contributed by atoms with Crippen LogP contribution in [-0.2, 0) is 11.3 Å². The van der Waals surface area contributed by atoms with Crippen LogP contribution in [0, 0.1) is 0 Å². The van der Waals surface area contributed by atoms with Crippen LogP contribution in [0.3, 0.4) is 0 Å². The molecule has 0 radical (unpaired) electrons. The van der Waals surface area contributed by atoms with E-state index >= 15 is 0 Å². The molecule has 3 rings (SSSR count). The third-order valence-electron chi connectivity index (χ3n) is 3.85. The lowest BCUT2D eigenvalue weighted by molar-refractivity contribution is -0.127. The molecule has 1 aliphatic rings. The van der Waals surface area contributed by atoms with Crippen molar-refractivity contribution in [3.05, 3.63) is 30.3 Å². The minimum atomic E-state index is 0.203. The average Bonchev–Trinajstić information content (AvgIpc) is 3.22. The van der Waals surface area contributed by atoms with Gasteiger partial charge in [0.15, 0.2) is 11.0 Å². The molecular weight excluding hydrogens is 296 g/mol. The van der Waals surface area contributed by atoms with Crippen LogP contribution in [-0.4, -0.2) is 44.4 Å². The van der Waals surface area contributed by atoms with E-state index in [-0.39, 0.29) is 5.91 Å². The highest BCUT2D eigenvalue weighted by molar-refractivity contribution is 7.99. The first-order chi connectivity index (χ1) is 10.8. The Morgan fingerprint density at radius 2 is 1.91 bits per heavy atom. The maximum atomic E-state index is 12.1. The van der Waals surface area contributed by atoms with Gasteiger partial charge >= 0.3 is 0 Å². The predicted molar refractivity (Wildman–Crippen MR) is 87.7 cm³/mol. The Bertz CT molecular complexity index is 635. The Balaban J connectivity index is 1.72. The normalized spacial score (nSPS) is 14.5. The van der Waals surface area contributed by atoms with E-state index in [0.29, 0.717) is 5.75 Å². The van der Waals surface area contributed by atoms with E-state index in [9.17, 15) is 4.79 Å². The van der Waals surface area contributed by atoms with E-state index in [4.69, 9.17) is 0 Å². The first kappa shape index (κ1) is 15.1. The van der Waals surface area contributed by atoms with Gasteiger partial charge in [0.2, 0.25) is 5.91 Å². The highest BCUT2D eigenvalue weighted by Gasteiger charge is 2.20. The molecule has 0 saturated carbocycles. The quantitative estimate of drug-likeness (QED) is 0.796. The van der Waals surface area contributed by atoms with Gasteiger partial charge in [0.1, 0.15) is 0 Å². The molecule has 1 fully saturated rings. The second kappa shape index (κ2) is 6.96. The van der Waals surface area contributed by atoms with Crippen molar-refractivity contribution in [3.63, 3.8) is 0 Å². The summed E-state index contributed by atoms with van der Waals surface area (Å²) < 4.78 is 2.07. The molecule has 0 N–H and O–H groups in total. The van der Waals surface area contributed by atoms with Crippen molar-refractivity contribution in [2.24, 2.45) is 0 Å². The molecule has 1 aromatic heterocycles. The number of benzene rings is 1. The Labute approximate surface area is 134 Å². The third-order valence-corrected chi connectivity index (χ3v) is 4.80. The van der Waals surface area contributed by atoms with Gasteiger partial charge in [-0.3, -0.25) is 4.79 Å². The van der Waals surface area contributed by atoms with E-state index in [0.717, 1.165) is 49.0 Å². The van der Waals surface area contributed by atoms with Gasteiger partial charge in [0, 0.05) is 25.2 Å². The molecule has 1 amide bonds. The molecule has 2 heterocycles. The van der Waals surface area contributed by atoms with Gasteiger partial charge in [0.25, 0.3) is 0 Å². The number of rotatable bonds is 5. The van der Waals surface area contributed by atoms with Crippen LogP contribution in [0.2, 0.25) is 0 Å². The molecule has 0 aliphatic carbocycles.